The molecule has 0 aromatic heterocycles. The van der Waals surface area contributed by atoms with Gasteiger partial charge in [0, 0.05) is 43.3 Å². The Bertz CT molecular complexity index is 767. The van der Waals surface area contributed by atoms with E-state index in [4.69, 9.17) is 16.7 Å². The number of carbonyl (C=O) groups is 2. The van der Waals surface area contributed by atoms with Crippen LogP contribution in [0.1, 0.15) is 26.3 Å². The first-order valence-electron chi connectivity index (χ1n) is 8.62. The van der Waals surface area contributed by atoms with Crippen LogP contribution in [0.25, 0.3) is 0 Å². The number of amides is 1. The molecule has 1 heterocycles. The second-order valence-corrected chi connectivity index (χ2v) is 6.83. The zero-order chi connectivity index (χ0) is 18.5. The normalized spacial score (nSPS) is 15.0. The van der Waals surface area contributed by atoms with Crippen LogP contribution in [0.2, 0.25) is 5.02 Å². The van der Waals surface area contributed by atoms with Crippen LogP contribution in [0.4, 0.5) is 0 Å². The van der Waals surface area contributed by atoms with Gasteiger partial charge < -0.3 is 10.0 Å². The predicted molar refractivity (Wildman–Crippen MR) is 101 cm³/mol. The lowest BCUT2D eigenvalue weighted by Gasteiger charge is -2.34. The van der Waals surface area contributed by atoms with E-state index in [0.29, 0.717) is 29.2 Å². The third-order valence-corrected chi connectivity index (χ3v) is 4.92. The number of carbonyl (C=O) groups excluding carboxylic acids is 1. The molecule has 0 unspecified atom stereocenters. The van der Waals surface area contributed by atoms with Crippen molar-refractivity contribution in [2.24, 2.45) is 0 Å². The third-order valence-electron chi connectivity index (χ3n) is 4.67. The minimum Gasteiger partial charge on any atom is -0.478 e. The van der Waals surface area contributed by atoms with Crippen molar-refractivity contribution < 1.29 is 14.7 Å². The number of hydrogen-bond acceptors (Lipinski definition) is 3. The highest BCUT2D eigenvalue weighted by Crippen LogP contribution is 2.13. The van der Waals surface area contributed by atoms with Crippen molar-refractivity contribution in [3.8, 4) is 0 Å². The Morgan fingerprint density at radius 2 is 1.46 bits per heavy atom. The van der Waals surface area contributed by atoms with E-state index in [-0.39, 0.29) is 5.91 Å². The van der Waals surface area contributed by atoms with E-state index in [1.165, 1.54) is 0 Å². The van der Waals surface area contributed by atoms with Crippen molar-refractivity contribution in [2.45, 2.75) is 6.42 Å². The molecule has 136 valence electrons. The first-order chi connectivity index (χ1) is 12.5. The molecule has 2 aromatic carbocycles. The van der Waals surface area contributed by atoms with Crippen molar-refractivity contribution in [2.75, 3.05) is 32.7 Å². The predicted octanol–water partition coefficient (Wildman–Crippen LogP) is 3.04. The molecule has 0 saturated carbocycles. The Morgan fingerprint density at radius 3 is 2.04 bits per heavy atom. The molecule has 1 fully saturated rings. The molecular weight excluding hydrogens is 352 g/mol. The van der Waals surface area contributed by atoms with E-state index >= 15 is 0 Å². The molecule has 6 heteroatoms. The van der Waals surface area contributed by atoms with E-state index in [9.17, 15) is 9.59 Å². The van der Waals surface area contributed by atoms with Gasteiger partial charge in [0.15, 0.2) is 0 Å². The average molecular weight is 373 g/mol. The lowest BCUT2D eigenvalue weighted by molar-refractivity contribution is 0.0637. The van der Waals surface area contributed by atoms with Gasteiger partial charge in [0.05, 0.1) is 5.56 Å². The molecule has 5 nitrogen and oxygen atoms in total. The molecular formula is C20H21ClN2O3. The average Bonchev–Trinajstić information content (AvgIpc) is 2.67. The maximum absolute atomic E-state index is 12.5. The number of rotatable bonds is 5. The summed E-state index contributed by atoms with van der Waals surface area (Å²) in [5, 5.41) is 9.56. The van der Waals surface area contributed by atoms with Crippen LogP contribution < -0.4 is 0 Å². The van der Waals surface area contributed by atoms with Crippen LogP contribution in [-0.2, 0) is 6.42 Å². The summed E-state index contributed by atoms with van der Waals surface area (Å²) in [6.07, 6.45) is 0.866. The van der Waals surface area contributed by atoms with Gasteiger partial charge in [0.2, 0.25) is 0 Å². The van der Waals surface area contributed by atoms with E-state index in [2.05, 4.69) is 4.90 Å². The Balaban J connectivity index is 1.47. The molecule has 0 aliphatic carbocycles. The number of aromatic carboxylic acids is 1. The third kappa shape index (κ3) is 4.62. The number of carboxylic acids is 1. The van der Waals surface area contributed by atoms with Crippen molar-refractivity contribution in [3.63, 3.8) is 0 Å². The Hall–Kier alpha value is -2.37. The maximum Gasteiger partial charge on any atom is 0.335 e. The van der Waals surface area contributed by atoms with Crippen LogP contribution in [0.15, 0.2) is 48.5 Å². The summed E-state index contributed by atoms with van der Waals surface area (Å²) in [7, 11) is 0. The first-order valence-corrected chi connectivity index (χ1v) is 9.00. The highest BCUT2D eigenvalue weighted by atomic mass is 35.5. The summed E-state index contributed by atoms with van der Waals surface area (Å²) in [6.45, 7) is 3.99. The number of hydrogen-bond donors (Lipinski definition) is 1. The molecule has 1 aliphatic heterocycles. The van der Waals surface area contributed by atoms with Crippen LogP contribution in [-0.4, -0.2) is 59.5 Å². The maximum atomic E-state index is 12.5. The van der Waals surface area contributed by atoms with E-state index in [0.717, 1.165) is 31.6 Å². The highest BCUT2D eigenvalue weighted by Gasteiger charge is 2.21. The Labute approximate surface area is 157 Å². The molecule has 0 spiro atoms. The van der Waals surface area contributed by atoms with E-state index in [1.54, 1.807) is 36.4 Å². The zero-order valence-electron chi connectivity index (χ0n) is 14.4. The smallest absolute Gasteiger partial charge is 0.335 e. The molecule has 3 rings (SSSR count). The number of halogens is 1. The topological polar surface area (TPSA) is 60.9 Å². The van der Waals surface area contributed by atoms with Gasteiger partial charge in [-0.25, -0.2) is 4.79 Å². The monoisotopic (exact) mass is 372 g/mol. The molecule has 0 atom stereocenters. The fourth-order valence-electron chi connectivity index (χ4n) is 3.05. The highest BCUT2D eigenvalue weighted by molar-refractivity contribution is 6.30. The van der Waals surface area contributed by atoms with Crippen LogP contribution in [0.3, 0.4) is 0 Å². The van der Waals surface area contributed by atoms with Gasteiger partial charge in [0.25, 0.3) is 5.91 Å². The van der Waals surface area contributed by atoms with Crippen LogP contribution >= 0.6 is 11.6 Å². The van der Waals surface area contributed by atoms with Crippen molar-refractivity contribution in [1.29, 1.82) is 0 Å². The van der Waals surface area contributed by atoms with Crippen molar-refractivity contribution in [1.82, 2.24) is 9.80 Å². The fraction of sp³-hybridized carbons (Fsp3) is 0.300. The van der Waals surface area contributed by atoms with E-state index < -0.39 is 5.97 Å². The minimum absolute atomic E-state index is 0.0468. The van der Waals surface area contributed by atoms with Gasteiger partial charge in [0.1, 0.15) is 0 Å². The van der Waals surface area contributed by atoms with Crippen molar-refractivity contribution >= 4 is 23.5 Å². The number of benzene rings is 2. The van der Waals surface area contributed by atoms with Gasteiger partial charge in [-0.05, 0) is 48.4 Å². The molecule has 1 amide bonds. The quantitative estimate of drug-likeness (QED) is 0.876. The van der Waals surface area contributed by atoms with Crippen molar-refractivity contribution in [3.05, 3.63) is 70.2 Å². The minimum atomic E-state index is -0.905. The Morgan fingerprint density at radius 1 is 0.885 bits per heavy atom. The summed E-state index contributed by atoms with van der Waals surface area (Å²) in [6, 6.07) is 14.0. The van der Waals surface area contributed by atoms with Crippen LogP contribution in [0.5, 0.6) is 0 Å². The molecule has 1 N–H and O–H groups in total. The van der Waals surface area contributed by atoms with Gasteiger partial charge in [-0.3, -0.25) is 9.69 Å². The number of piperazine rings is 1. The zero-order valence-corrected chi connectivity index (χ0v) is 15.2. The fourth-order valence-corrected chi connectivity index (χ4v) is 3.18. The van der Waals surface area contributed by atoms with Gasteiger partial charge in [-0.1, -0.05) is 23.7 Å². The summed E-state index contributed by atoms with van der Waals surface area (Å²) >= 11 is 5.87. The largest absolute Gasteiger partial charge is 0.478 e. The van der Waals surface area contributed by atoms with E-state index in [1.807, 2.05) is 17.0 Å². The molecule has 2 aromatic rings. The first kappa shape index (κ1) is 18.4. The van der Waals surface area contributed by atoms with Gasteiger partial charge in [-0.15, -0.1) is 0 Å². The summed E-state index contributed by atoms with van der Waals surface area (Å²) in [5.74, 6) is -0.858. The number of nitrogens with zero attached hydrogens (tertiary/aromatic N) is 2. The Kier molecular flexibility index (Phi) is 5.91. The second-order valence-electron chi connectivity index (χ2n) is 6.39. The second kappa shape index (κ2) is 8.34. The van der Waals surface area contributed by atoms with Crippen LogP contribution in [0, 0.1) is 0 Å². The molecule has 0 bridgehead atoms. The molecule has 26 heavy (non-hydrogen) atoms. The van der Waals surface area contributed by atoms with Gasteiger partial charge in [-0.2, -0.15) is 0 Å². The summed E-state index contributed by atoms with van der Waals surface area (Å²) < 4.78 is 0. The summed E-state index contributed by atoms with van der Waals surface area (Å²) in [4.78, 5) is 27.6. The molecule has 1 aliphatic rings. The summed E-state index contributed by atoms with van der Waals surface area (Å²) in [5.41, 5.74) is 2.10. The van der Waals surface area contributed by atoms with Gasteiger partial charge >= 0.3 is 5.97 Å². The lowest BCUT2D eigenvalue weighted by Crippen LogP contribution is -2.49. The number of carboxylic acid groups (broad SMARTS) is 1. The SMILES string of the molecule is O=C(O)c1ccc(CCN2CCN(C(=O)c3ccc(Cl)cc3)CC2)cc1. The molecule has 1 saturated heterocycles. The lowest BCUT2D eigenvalue weighted by atomic mass is 10.1. The molecule has 0 radical (unpaired) electrons. The standard InChI is InChI=1S/C20H21ClN2O3/c21-18-7-5-16(6-8-18)19(24)23-13-11-22(12-14-23)10-9-15-1-3-17(4-2-15)20(25)26/h1-8H,9-14H2,(H,25,26).